The highest BCUT2D eigenvalue weighted by molar-refractivity contribution is 6.07. The number of hydrogen-bond acceptors (Lipinski definition) is 5. The van der Waals surface area contributed by atoms with Crippen molar-refractivity contribution in [3.63, 3.8) is 0 Å². The van der Waals surface area contributed by atoms with Crippen LogP contribution in [-0.2, 0) is 0 Å². The van der Waals surface area contributed by atoms with E-state index in [0.717, 1.165) is 6.08 Å². The van der Waals surface area contributed by atoms with Gasteiger partial charge in [-0.25, -0.2) is 0 Å². The second kappa shape index (κ2) is 6.30. The Morgan fingerprint density at radius 2 is 1.83 bits per heavy atom. The highest BCUT2D eigenvalue weighted by atomic mass is 16.5. The average molecular weight is 247 g/mol. The zero-order valence-corrected chi connectivity index (χ0v) is 10.4. The fraction of sp³-hybridized carbons (Fsp3) is 0.231. The minimum Gasteiger partial charge on any atom is -0.493 e. The molecule has 94 valence electrons. The molecular weight excluding hydrogens is 234 g/mol. The molecule has 5 nitrogen and oxygen atoms in total. The van der Waals surface area contributed by atoms with E-state index in [-0.39, 0.29) is 11.5 Å². The minimum absolute atomic E-state index is 0.282. The maximum absolute atomic E-state index is 11.8. The van der Waals surface area contributed by atoms with E-state index >= 15 is 0 Å². The number of carbonyl (C=O) groups is 1. The first-order valence-corrected chi connectivity index (χ1v) is 5.09. The highest BCUT2D eigenvalue weighted by Crippen LogP contribution is 2.39. The van der Waals surface area contributed by atoms with E-state index in [1.807, 2.05) is 0 Å². The zero-order chi connectivity index (χ0) is 13.5. The van der Waals surface area contributed by atoms with Gasteiger partial charge in [-0.1, -0.05) is 0 Å². The summed E-state index contributed by atoms with van der Waals surface area (Å²) in [6.45, 7) is 0. The summed E-state index contributed by atoms with van der Waals surface area (Å²) in [5, 5.41) is 8.41. The molecule has 0 heterocycles. The second-order valence-electron chi connectivity index (χ2n) is 3.21. The smallest absolute Gasteiger partial charge is 0.204 e. The molecule has 1 aromatic carbocycles. The van der Waals surface area contributed by atoms with Crippen molar-refractivity contribution in [1.29, 1.82) is 5.26 Å². The molecule has 1 rings (SSSR count). The maximum Gasteiger partial charge on any atom is 0.204 e. The molecule has 0 N–H and O–H groups in total. The van der Waals surface area contributed by atoms with Gasteiger partial charge in [0, 0.05) is 6.08 Å². The van der Waals surface area contributed by atoms with E-state index in [2.05, 4.69) is 0 Å². The molecule has 5 heteroatoms. The average Bonchev–Trinajstić information content (AvgIpc) is 2.42. The van der Waals surface area contributed by atoms with Crippen LogP contribution in [0.5, 0.6) is 17.2 Å². The molecule has 0 radical (unpaired) electrons. The summed E-state index contributed by atoms with van der Waals surface area (Å²) in [5.74, 6) is 0.755. The van der Waals surface area contributed by atoms with E-state index in [4.69, 9.17) is 19.5 Å². The Bertz CT molecular complexity index is 514. The third-order valence-corrected chi connectivity index (χ3v) is 2.28. The number of carbonyl (C=O) groups excluding carboxylic acids is 1. The highest BCUT2D eigenvalue weighted by Gasteiger charge is 2.18. The Labute approximate surface area is 105 Å². The number of rotatable bonds is 5. The first-order chi connectivity index (χ1) is 8.69. The summed E-state index contributed by atoms with van der Waals surface area (Å²) in [6.07, 6.45) is 2.28. The van der Waals surface area contributed by atoms with Crippen molar-refractivity contribution in [1.82, 2.24) is 0 Å². The Kier molecular flexibility index (Phi) is 4.76. The number of nitrogens with zero attached hydrogens (tertiary/aromatic N) is 1. The molecule has 18 heavy (non-hydrogen) atoms. The summed E-state index contributed by atoms with van der Waals surface area (Å²) in [5.41, 5.74) is 0.307. The van der Waals surface area contributed by atoms with Crippen molar-refractivity contribution in [2.75, 3.05) is 21.3 Å². The summed E-state index contributed by atoms with van der Waals surface area (Å²) < 4.78 is 15.4. The maximum atomic E-state index is 11.8. The minimum atomic E-state index is -0.339. The molecule has 0 saturated carbocycles. The summed E-state index contributed by atoms with van der Waals surface area (Å²) in [4.78, 5) is 11.8. The number of ketones is 1. The molecule has 0 fully saturated rings. The molecule has 0 aliphatic rings. The molecule has 0 aliphatic heterocycles. The van der Waals surface area contributed by atoms with Crippen LogP contribution >= 0.6 is 0 Å². The lowest BCUT2D eigenvalue weighted by atomic mass is 10.1. The van der Waals surface area contributed by atoms with Crippen molar-refractivity contribution >= 4 is 5.78 Å². The summed E-state index contributed by atoms with van der Waals surface area (Å²) in [6, 6.07) is 4.92. The van der Waals surface area contributed by atoms with Crippen LogP contribution in [0.25, 0.3) is 0 Å². The molecule has 0 amide bonds. The van der Waals surface area contributed by atoms with Crippen molar-refractivity contribution in [2.24, 2.45) is 0 Å². The fourth-order valence-corrected chi connectivity index (χ4v) is 1.50. The monoisotopic (exact) mass is 247 g/mol. The number of hydrogen-bond donors (Lipinski definition) is 0. The number of ether oxygens (including phenoxy) is 3. The van der Waals surface area contributed by atoms with Crippen LogP contribution in [0.2, 0.25) is 0 Å². The van der Waals surface area contributed by atoms with Gasteiger partial charge in [0.15, 0.2) is 17.3 Å². The Balaban J connectivity index is 3.34. The third-order valence-electron chi connectivity index (χ3n) is 2.28. The van der Waals surface area contributed by atoms with Gasteiger partial charge in [-0.2, -0.15) is 5.26 Å². The van der Waals surface area contributed by atoms with Gasteiger partial charge in [-0.3, -0.25) is 4.79 Å². The van der Waals surface area contributed by atoms with Crippen LogP contribution in [0.15, 0.2) is 24.3 Å². The number of allylic oxidation sites excluding steroid dienone is 2. The van der Waals surface area contributed by atoms with E-state index in [1.54, 1.807) is 18.2 Å². The van der Waals surface area contributed by atoms with Gasteiger partial charge in [0.05, 0.1) is 33.0 Å². The van der Waals surface area contributed by atoms with Gasteiger partial charge >= 0.3 is 0 Å². The van der Waals surface area contributed by atoms with Gasteiger partial charge in [0.2, 0.25) is 5.75 Å². The third kappa shape index (κ3) is 2.61. The van der Waals surface area contributed by atoms with E-state index in [1.165, 1.54) is 27.4 Å². The van der Waals surface area contributed by atoms with E-state index in [9.17, 15) is 4.79 Å². The predicted molar refractivity (Wildman–Crippen MR) is 65.2 cm³/mol. The van der Waals surface area contributed by atoms with Crippen molar-refractivity contribution < 1.29 is 19.0 Å². The van der Waals surface area contributed by atoms with E-state index in [0.29, 0.717) is 17.1 Å². The van der Waals surface area contributed by atoms with Crippen LogP contribution in [0.3, 0.4) is 0 Å². The van der Waals surface area contributed by atoms with E-state index < -0.39 is 0 Å². The summed E-state index contributed by atoms with van der Waals surface area (Å²) in [7, 11) is 4.39. The normalized spacial score (nSPS) is 9.89. The molecule has 0 aliphatic carbocycles. The van der Waals surface area contributed by atoms with Crippen LogP contribution in [0.4, 0.5) is 0 Å². The summed E-state index contributed by atoms with van der Waals surface area (Å²) >= 11 is 0. The zero-order valence-electron chi connectivity index (χ0n) is 10.4. The first kappa shape index (κ1) is 13.6. The molecule has 1 aromatic rings. The van der Waals surface area contributed by atoms with Crippen molar-refractivity contribution in [3.8, 4) is 23.3 Å². The fourth-order valence-electron chi connectivity index (χ4n) is 1.50. The van der Waals surface area contributed by atoms with Crippen molar-refractivity contribution in [2.45, 2.75) is 0 Å². The van der Waals surface area contributed by atoms with Crippen molar-refractivity contribution in [3.05, 3.63) is 29.8 Å². The molecule has 0 unspecified atom stereocenters. The molecule has 0 atom stereocenters. The molecular formula is C13H13NO4. The quantitative estimate of drug-likeness (QED) is 0.452. The Morgan fingerprint density at radius 3 is 2.33 bits per heavy atom. The number of benzene rings is 1. The van der Waals surface area contributed by atoms with Gasteiger partial charge in [-0.15, -0.1) is 0 Å². The van der Waals surface area contributed by atoms with Crippen LogP contribution < -0.4 is 14.2 Å². The standard InChI is InChI=1S/C13H13NO4/c1-16-11-7-6-9(10(15)5-4-8-14)12(17-2)13(11)18-3/h4-7H,1-3H3. The number of nitriles is 1. The Hall–Kier alpha value is -2.48. The molecule has 0 bridgehead atoms. The lowest BCUT2D eigenvalue weighted by Gasteiger charge is -2.14. The largest absolute Gasteiger partial charge is 0.493 e. The van der Waals surface area contributed by atoms with Gasteiger partial charge in [0.25, 0.3) is 0 Å². The van der Waals surface area contributed by atoms with Crippen LogP contribution in [-0.4, -0.2) is 27.1 Å². The van der Waals surface area contributed by atoms with Crippen LogP contribution in [0.1, 0.15) is 10.4 Å². The second-order valence-corrected chi connectivity index (χ2v) is 3.21. The van der Waals surface area contributed by atoms with Gasteiger partial charge < -0.3 is 14.2 Å². The lowest BCUT2D eigenvalue weighted by molar-refractivity contribution is 0.104. The molecule has 0 spiro atoms. The number of methoxy groups -OCH3 is 3. The molecule has 0 aromatic heterocycles. The predicted octanol–water partition coefficient (Wildman–Crippen LogP) is 1.97. The van der Waals surface area contributed by atoms with Gasteiger partial charge in [-0.05, 0) is 18.2 Å². The van der Waals surface area contributed by atoms with Crippen LogP contribution in [0, 0.1) is 11.3 Å². The lowest BCUT2D eigenvalue weighted by Crippen LogP contribution is -2.02. The van der Waals surface area contributed by atoms with Gasteiger partial charge in [0.1, 0.15) is 0 Å². The first-order valence-electron chi connectivity index (χ1n) is 5.09. The Morgan fingerprint density at radius 1 is 1.17 bits per heavy atom. The molecule has 0 saturated heterocycles. The SMILES string of the molecule is COc1ccc(C(=O)C=CC#N)c(OC)c1OC. The topological polar surface area (TPSA) is 68.6 Å².